The van der Waals surface area contributed by atoms with E-state index in [1.54, 1.807) is 31.4 Å². The number of carbonyl (C=O) groups is 2. The molecule has 0 saturated heterocycles. The Bertz CT molecular complexity index is 655. The maximum atomic E-state index is 12.6. The van der Waals surface area contributed by atoms with Gasteiger partial charge in [-0.05, 0) is 31.5 Å². The molecular formula is C19H26N2O5. The molecule has 0 bridgehead atoms. The van der Waals surface area contributed by atoms with Gasteiger partial charge in [0, 0.05) is 18.2 Å². The zero-order chi connectivity index (χ0) is 19.1. The number of carboxylic acids is 1. The Kier molecular flexibility index (Phi) is 7.03. The Morgan fingerprint density at radius 2 is 2.15 bits per heavy atom. The molecule has 0 heterocycles. The molecule has 2 N–H and O–H groups in total. The molecule has 1 aliphatic carbocycles. The van der Waals surface area contributed by atoms with Crippen LogP contribution < -0.4 is 14.8 Å². The number of carbonyl (C=O) groups excluding carboxylic acids is 1. The number of likely N-dealkylation sites (N-methyl/N-ethyl adjacent to an activating group) is 1. The number of nitrogens with zero attached hydrogens (tertiary/aromatic N) is 1. The first-order valence-corrected chi connectivity index (χ1v) is 8.66. The number of carboxylic acid groups (broad SMARTS) is 1. The van der Waals surface area contributed by atoms with Crippen molar-refractivity contribution in [3.63, 3.8) is 0 Å². The summed E-state index contributed by atoms with van der Waals surface area (Å²) in [6.07, 6.45) is 3.09. The van der Waals surface area contributed by atoms with Crippen LogP contribution in [-0.2, 0) is 4.79 Å². The third kappa shape index (κ3) is 4.98. The Balaban J connectivity index is 1.96. The van der Waals surface area contributed by atoms with Gasteiger partial charge in [-0.15, -0.1) is 0 Å². The van der Waals surface area contributed by atoms with Crippen LogP contribution in [0, 0.1) is 0 Å². The maximum Gasteiger partial charge on any atom is 0.317 e. The van der Waals surface area contributed by atoms with Crippen LogP contribution in [0.2, 0.25) is 0 Å². The number of rotatable bonds is 10. The lowest BCUT2D eigenvalue weighted by Gasteiger charge is -2.42. The maximum absolute atomic E-state index is 12.6. The van der Waals surface area contributed by atoms with Gasteiger partial charge in [0.1, 0.15) is 18.1 Å². The van der Waals surface area contributed by atoms with Crippen LogP contribution in [0.3, 0.4) is 0 Å². The number of methoxy groups -OCH3 is 1. The summed E-state index contributed by atoms with van der Waals surface area (Å²) < 4.78 is 10.7. The predicted molar refractivity (Wildman–Crippen MR) is 97.8 cm³/mol. The van der Waals surface area contributed by atoms with Crippen molar-refractivity contribution >= 4 is 11.9 Å². The van der Waals surface area contributed by atoms with Gasteiger partial charge in [-0.3, -0.25) is 14.5 Å². The highest BCUT2D eigenvalue weighted by Gasteiger charge is 2.35. The van der Waals surface area contributed by atoms with Gasteiger partial charge in [0.05, 0.1) is 19.2 Å². The Morgan fingerprint density at radius 3 is 2.73 bits per heavy atom. The van der Waals surface area contributed by atoms with Crippen molar-refractivity contribution in [2.75, 3.05) is 26.8 Å². The van der Waals surface area contributed by atoms with Crippen molar-refractivity contribution in [3.8, 4) is 11.5 Å². The number of aliphatic carboxylic acids is 1. The second-order valence-electron chi connectivity index (χ2n) is 6.21. The van der Waals surface area contributed by atoms with Gasteiger partial charge >= 0.3 is 5.97 Å². The number of ether oxygens (including phenoxy) is 2. The van der Waals surface area contributed by atoms with E-state index in [0.717, 1.165) is 12.8 Å². The molecule has 1 aliphatic rings. The molecule has 7 heteroatoms. The summed E-state index contributed by atoms with van der Waals surface area (Å²) in [6.45, 7) is 6.55. The molecule has 1 saturated carbocycles. The minimum absolute atomic E-state index is 0.0276. The predicted octanol–water partition coefficient (Wildman–Crippen LogP) is 1.93. The highest BCUT2D eigenvalue weighted by Crippen LogP contribution is 2.28. The lowest BCUT2D eigenvalue weighted by molar-refractivity contribution is -0.139. The number of hydrogen-bond acceptors (Lipinski definition) is 5. The van der Waals surface area contributed by atoms with E-state index in [2.05, 4.69) is 11.9 Å². The summed E-state index contributed by atoms with van der Waals surface area (Å²) in [5.74, 6) is 0.00768. The van der Waals surface area contributed by atoms with E-state index in [0.29, 0.717) is 30.2 Å². The summed E-state index contributed by atoms with van der Waals surface area (Å²) in [5, 5.41) is 11.9. The smallest absolute Gasteiger partial charge is 0.317 e. The molecule has 1 aromatic carbocycles. The van der Waals surface area contributed by atoms with Crippen molar-refractivity contribution in [2.45, 2.75) is 31.8 Å². The lowest BCUT2D eigenvalue weighted by atomic mass is 9.85. The molecule has 1 aromatic rings. The van der Waals surface area contributed by atoms with Crippen LogP contribution in [0.1, 0.15) is 30.1 Å². The van der Waals surface area contributed by atoms with E-state index < -0.39 is 5.97 Å². The largest absolute Gasteiger partial charge is 0.497 e. The van der Waals surface area contributed by atoms with Gasteiger partial charge in [0.2, 0.25) is 0 Å². The van der Waals surface area contributed by atoms with Gasteiger partial charge < -0.3 is 19.9 Å². The normalized spacial score (nSPS) is 18.7. The standard InChI is InChI=1S/C19H26N2O5/c1-4-8-26-17-11-15(25-3)6-7-16(17)19(24)20-13-9-14(10-13)21(5-2)12-18(22)23/h4,6-7,11,13-14H,1,5,8-10,12H2,2-3H3,(H,20,24)(H,22,23). The second kappa shape index (κ2) is 9.24. The third-order valence-corrected chi connectivity index (χ3v) is 4.50. The molecule has 0 aliphatic heterocycles. The van der Waals surface area contributed by atoms with E-state index in [9.17, 15) is 9.59 Å². The van der Waals surface area contributed by atoms with Crippen molar-refractivity contribution in [1.29, 1.82) is 0 Å². The molecule has 26 heavy (non-hydrogen) atoms. The van der Waals surface area contributed by atoms with E-state index >= 15 is 0 Å². The Morgan fingerprint density at radius 1 is 1.42 bits per heavy atom. The molecule has 0 spiro atoms. The molecule has 0 aromatic heterocycles. The molecule has 7 nitrogen and oxygen atoms in total. The number of benzene rings is 1. The highest BCUT2D eigenvalue weighted by atomic mass is 16.5. The first-order valence-electron chi connectivity index (χ1n) is 8.66. The average molecular weight is 362 g/mol. The third-order valence-electron chi connectivity index (χ3n) is 4.50. The molecule has 0 unspecified atom stereocenters. The SMILES string of the molecule is C=CCOc1cc(OC)ccc1C(=O)NC1CC(N(CC)CC(=O)O)C1. The summed E-state index contributed by atoms with van der Waals surface area (Å²) in [7, 11) is 1.55. The molecular weight excluding hydrogens is 336 g/mol. The van der Waals surface area contributed by atoms with E-state index in [1.165, 1.54) is 0 Å². The molecule has 0 atom stereocenters. The zero-order valence-electron chi connectivity index (χ0n) is 15.2. The fraction of sp³-hybridized carbons (Fsp3) is 0.474. The molecule has 0 radical (unpaired) electrons. The van der Waals surface area contributed by atoms with E-state index in [4.69, 9.17) is 14.6 Å². The summed E-state index contributed by atoms with van der Waals surface area (Å²) in [5.41, 5.74) is 0.439. The van der Waals surface area contributed by atoms with Crippen LogP contribution in [0.5, 0.6) is 11.5 Å². The van der Waals surface area contributed by atoms with Crippen LogP contribution in [0.25, 0.3) is 0 Å². The topological polar surface area (TPSA) is 88.1 Å². The monoisotopic (exact) mass is 362 g/mol. The minimum Gasteiger partial charge on any atom is -0.497 e. The van der Waals surface area contributed by atoms with Crippen LogP contribution in [0.4, 0.5) is 0 Å². The van der Waals surface area contributed by atoms with Crippen LogP contribution in [0.15, 0.2) is 30.9 Å². The van der Waals surface area contributed by atoms with Crippen molar-refractivity contribution < 1.29 is 24.2 Å². The lowest BCUT2D eigenvalue weighted by Crippen LogP contribution is -2.54. The number of hydrogen-bond donors (Lipinski definition) is 2. The van der Waals surface area contributed by atoms with Crippen LogP contribution >= 0.6 is 0 Å². The van der Waals surface area contributed by atoms with Crippen molar-refractivity contribution in [1.82, 2.24) is 10.2 Å². The van der Waals surface area contributed by atoms with E-state index in [1.807, 2.05) is 11.8 Å². The molecule has 1 amide bonds. The number of amides is 1. The minimum atomic E-state index is -0.832. The van der Waals surface area contributed by atoms with Gasteiger partial charge in [-0.1, -0.05) is 19.6 Å². The summed E-state index contributed by atoms with van der Waals surface area (Å²) >= 11 is 0. The average Bonchev–Trinajstić information content (AvgIpc) is 2.60. The first-order chi connectivity index (χ1) is 12.5. The number of nitrogens with one attached hydrogen (secondary N) is 1. The van der Waals surface area contributed by atoms with Gasteiger partial charge in [-0.2, -0.15) is 0 Å². The fourth-order valence-electron chi connectivity index (χ4n) is 3.03. The van der Waals surface area contributed by atoms with E-state index in [-0.39, 0.29) is 24.5 Å². The van der Waals surface area contributed by atoms with Gasteiger partial charge in [0.15, 0.2) is 0 Å². The Labute approximate surface area is 153 Å². The molecule has 142 valence electrons. The summed E-state index contributed by atoms with van der Waals surface area (Å²) in [6, 6.07) is 5.28. The fourth-order valence-corrected chi connectivity index (χ4v) is 3.03. The highest BCUT2D eigenvalue weighted by molar-refractivity contribution is 5.97. The van der Waals surface area contributed by atoms with Crippen molar-refractivity contribution in [2.24, 2.45) is 0 Å². The van der Waals surface area contributed by atoms with Gasteiger partial charge in [0.25, 0.3) is 5.91 Å². The van der Waals surface area contributed by atoms with Crippen molar-refractivity contribution in [3.05, 3.63) is 36.4 Å². The quantitative estimate of drug-likeness (QED) is 0.619. The van der Waals surface area contributed by atoms with Crippen LogP contribution in [-0.4, -0.2) is 60.8 Å². The Hall–Kier alpha value is -2.54. The summed E-state index contributed by atoms with van der Waals surface area (Å²) in [4.78, 5) is 25.4. The molecule has 1 fully saturated rings. The second-order valence-corrected chi connectivity index (χ2v) is 6.21. The van der Waals surface area contributed by atoms with Gasteiger partial charge in [-0.25, -0.2) is 0 Å². The molecule has 2 rings (SSSR count). The zero-order valence-corrected chi connectivity index (χ0v) is 15.2. The first kappa shape index (κ1) is 19.8.